The van der Waals surface area contributed by atoms with Gasteiger partial charge in [0.05, 0.1) is 10.0 Å². The van der Waals surface area contributed by atoms with Crippen molar-refractivity contribution in [1.29, 1.82) is 0 Å². The predicted octanol–water partition coefficient (Wildman–Crippen LogP) is 5.30. The van der Waals surface area contributed by atoms with Crippen molar-refractivity contribution in [2.45, 2.75) is 39.5 Å². The van der Waals surface area contributed by atoms with Crippen LogP contribution in [0.4, 0.5) is 0 Å². The van der Waals surface area contributed by atoms with Gasteiger partial charge in [-0.15, -0.1) is 0 Å². The van der Waals surface area contributed by atoms with Crippen LogP contribution in [0.25, 0.3) is 0 Å². The van der Waals surface area contributed by atoms with Crippen molar-refractivity contribution in [2.75, 3.05) is 0 Å². The van der Waals surface area contributed by atoms with Crippen LogP contribution in [0.2, 0.25) is 10.0 Å². The van der Waals surface area contributed by atoms with Gasteiger partial charge in [0.25, 0.3) is 0 Å². The van der Waals surface area contributed by atoms with Crippen LogP contribution in [0.15, 0.2) is 23.1 Å². The zero-order valence-corrected chi connectivity index (χ0v) is 15.9. The van der Waals surface area contributed by atoms with Gasteiger partial charge >= 0.3 is 10.1 Å². The summed E-state index contributed by atoms with van der Waals surface area (Å²) in [7, 11) is -3.97. The molecule has 2 aromatic carbocycles. The van der Waals surface area contributed by atoms with Gasteiger partial charge in [-0.3, -0.25) is 0 Å². The van der Waals surface area contributed by atoms with Crippen LogP contribution in [-0.4, -0.2) is 8.42 Å². The van der Waals surface area contributed by atoms with Gasteiger partial charge in [0, 0.05) is 6.07 Å². The van der Waals surface area contributed by atoms with Crippen molar-refractivity contribution >= 4 is 33.3 Å². The quantitative estimate of drug-likeness (QED) is 0.686. The molecule has 0 aliphatic carbocycles. The Labute approximate surface area is 147 Å². The SMILES string of the molecule is Cc1c(C)c(C)c(S(=O)(=O)Oc2ccc(Cl)c(Cl)c2)c(C)c1C. The van der Waals surface area contributed by atoms with Gasteiger partial charge in [-0.2, -0.15) is 8.42 Å². The monoisotopic (exact) mass is 372 g/mol. The summed E-state index contributed by atoms with van der Waals surface area (Å²) in [5, 5.41) is 0.579. The van der Waals surface area contributed by atoms with E-state index in [0.717, 1.165) is 16.7 Å². The third-order valence-corrected chi connectivity index (χ3v) is 6.54. The Morgan fingerprint density at radius 1 is 0.783 bits per heavy atom. The molecule has 0 heterocycles. The molecule has 0 aromatic heterocycles. The van der Waals surface area contributed by atoms with Crippen molar-refractivity contribution in [3.8, 4) is 5.75 Å². The third-order valence-electron chi connectivity index (χ3n) is 4.28. The Hall–Kier alpha value is -1.23. The first-order valence-corrected chi connectivity index (χ1v) is 9.19. The Bertz CT molecular complexity index is 858. The molecule has 3 nitrogen and oxygen atoms in total. The molecule has 2 aromatic rings. The van der Waals surface area contributed by atoms with Gasteiger partial charge in [0.15, 0.2) is 0 Å². The van der Waals surface area contributed by atoms with E-state index in [1.165, 1.54) is 18.2 Å². The second kappa shape index (κ2) is 6.34. The summed E-state index contributed by atoms with van der Waals surface area (Å²) in [6, 6.07) is 4.37. The number of hydrogen-bond acceptors (Lipinski definition) is 3. The fraction of sp³-hybridized carbons (Fsp3) is 0.294. The van der Waals surface area contributed by atoms with Gasteiger partial charge in [-0.25, -0.2) is 0 Å². The lowest BCUT2D eigenvalue weighted by Gasteiger charge is -2.18. The zero-order valence-electron chi connectivity index (χ0n) is 13.6. The lowest BCUT2D eigenvalue weighted by atomic mass is 9.95. The fourth-order valence-electron chi connectivity index (χ4n) is 2.54. The van der Waals surface area contributed by atoms with E-state index in [2.05, 4.69) is 0 Å². The van der Waals surface area contributed by atoms with Gasteiger partial charge < -0.3 is 4.18 Å². The molecule has 0 saturated heterocycles. The Kier molecular flexibility index (Phi) is 5.00. The highest BCUT2D eigenvalue weighted by atomic mass is 35.5. The smallest absolute Gasteiger partial charge is 0.339 e. The minimum Gasteiger partial charge on any atom is -0.379 e. The molecule has 0 amide bonds. The lowest BCUT2D eigenvalue weighted by molar-refractivity contribution is 0.484. The van der Waals surface area contributed by atoms with E-state index in [1.54, 1.807) is 13.8 Å². The molecule has 2 rings (SSSR count). The van der Waals surface area contributed by atoms with Crippen LogP contribution in [0, 0.1) is 34.6 Å². The van der Waals surface area contributed by atoms with Crippen molar-refractivity contribution < 1.29 is 12.6 Å². The van der Waals surface area contributed by atoms with E-state index in [1.807, 2.05) is 20.8 Å². The van der Waals surface area contributed by atoms with Crippen molar-refractivity contribution in [1.82, 2.24) is 0 Å². The molecule has 0 spiro atoms. The fourth-order valence-corrected chi connectivity index (χ4v) is 4.32. The second-order valence-corrected chi connectivity index (χ2v) is 7.87. The normalized spacial score (nSPS) is 11.6. The van der Waals surface area contributed by atoms with E-state index in [-0.39, 0.29) is 15.7 Å². The van der Waals surface area contributed by atoms with Crippen LogP contribution in [-0.2, 0) is 10.1 Å². The molecule has 23 heavy (non-hydrogen) atoms. The maximum Gasteiger partial charge on any atom is 0.339 e. The van der Waals surface area contributed by atoms with Crippen LogP contribution in [0.1, 0.15) is 27.8 Å². The van der Waals surface area contributed by atoms with Gasteiger partial charge in [-0.1, -0.05) is 23.2 Å². The van der Waals surface area contributed by atoms with Crippen molar-refractivity contribution in [3.63, 3.8) is 0 Å². The molecule has 124 valence electrons. The average molecular weight is 373 g/mol. The highest BCUT2D eigenvalue weighted by Gasteiger charge is 2.25. The maximum atomic E-state index is 12.8. The molecule has 0 unspecified atom stereocenters. The first-order valence-electron chi connectivity index (χ1n) is 7.02. The number of hydrogen-bond donors (Lipinski definition) is 0. The number of benzene rings is 2. The van der Waals surface area contributed by atoms with Crippen molar-refractivity contribution in [2.24, 2.45) is 0 Å². The summed E-state index contributed by atoms with van der Waals surface area (Å²) in [6.45, 7) is 9.39. The highest BCUT2D eigenvalue weighted by Crippen LogP contribution is 2.33. The van der Waals surface area contributed by atoms with Crippen LogP contribution < -0.4 is 4.18 Å². The van der Waals surface area contributed by atoms with E-state index in [0.29, 0.717) is 16.1 Å². The Balaban J connectivity index is 2.58. The minimum absolute atomic E-state index is 0.133. The standard InChI is InChI=1S/C17H18Cl2O3S/c1-9-10(2)12(4)17(13(5)11(9)3)23(20,21)22-14-6-7-15(18)16(19)8-14/h6-8H,1-5H3. The summed E-state index contributed by atoms with van der Waals surface area (Å²) in [4.78, 5) is 0.212. The topological polar surface area (TPSA) is 43.4 Å². The molecular formula is C17H18Cl2O3S. The summed E-state index contributed by atoms with van der Waals surface area (Å²) in [5.41, 5.74) is 4.39. The highest BCUT2D eigenvalue weighted by molar-refractivity contribution is 7.87. The van der Waals surface area contributed by atoms with Crippen molar-refractivity contribution in [3.05, 3.63) is 56.1 Å². The largest absolute Gasteiger partial charge is 0.379 e. The first-order chi connectivity index (χ1) is 10.6. The number of halogens is 2. The molecule has 0 N–H and O–H groups in total. The molecule has 0 bridgehead atoms. The molecule has 0 fully saturated rings. The van der Waals surface area contributed by atoms with Gasteiger partial charge in [0.2, 0.25) is 0 Å². The van der Waals surface area contributed by atoms with E-state index in [9.17, 15) is 8.42 Å². The molecule has 0 saturated carbocycles. The molecular weight excluding hydrogens is 355 g/mol. The lowest BCUT2D eigenvalue weighted by Crippen LogP contribution is -2.15. The molecule has 0 radical (unpaired) electrons. The number of rotatable bonds is 3. The molecule has 0 atom stereocenters. The average Bonchev–Trinajstić information content (AvgIpc) is 2.46. The van der Waals surface area contributed by atoms with E-state index >= 15 is 0 Å². The van der Waals surface area contributed by atoms with Crippen LogP contribution in [0.3, 0.4) is 0 Å². The Morgan fingerprint density at radius 2 is 1.26 bits per heavy atom. The maximum absolute atomic E-state index is 12.8. The minimum atomic E-state index is -3.97. The Morgan fingerprint density at radius 3 is 1.74 bits per heavy atom. The predicted molar refractivity (Wildman–Crippen MR) is 94.4 cm³/mol. The van der Waals surface area contributed by atoms with E-state index < -0.39 is 10.1 Å². The summed E-state index contributed by atoms with van der Waals surface area (Å²) < 4.78 is 30.8. The third kappa shape index (κ3) is 3.35. The van der Waals surface area contributed by atoms with Gasteiger partial charge in [-0.05, 0) is 74.6 Å². The summed E-state index contributed by atoms with van der Waals surface area (Å²) >= 11 is 11.8. The molecule has 6 heteroatoms. The zero-order chi connectivity index (χ0) is 17.5. The summed E-state index contributed by atoms with van der Waals surface area (Å²) in [5.74, 6) is 0.133. The molecule has 0 aliphatic rings. The van der Waals surface area contributed by atoms with Gasteiger partial charge in [0.1, 0.15) is 10.6 Å². The summed E-state index contributed by atoms with van der Waals surface area (Å²) in [6.07, 6.45) is 0. The van der Waals surface area contributed by atoms with Crippen LogP contribution in [0.5, 0.6) is 5.75 Å². The van der Waals surface area contributed by atoms with E-state index in [4.69, 9.17) is 27.4 Å². The first kappa shape index (κ1) is 18.1. The van der Waals surface area contributed by atoms with Crippen LogP contribution >= 0.6 is 23.2 Å². The molecule has 0 aliphatic heterocycles. The second-order valence-electron chi connectivity index (χ2n) is 5.57.